The Bertz CT molecular complexity index is 984. The van der Waals surface area contributed by atoms with Crippen LogP contribution < -0.4 is 10.4 Å². The van der Waals surface area contributed by atoms with E-state index in [1.165, 1.54) is 6.07 Å². The van der Waals surface area contributed by atoms with Crippen molar-refractivity contribution in [2.75, 3.05) is 0 Å². The van der Waals surface area contributed by atoms with E-state index in [0.717, 1.165) is 16.7 Å². The lowest BCUT2D eigenvalue weighted by atomic mass is 10.2. The minimum Gasteiger partial charge on any atom is -0.487 e. The summed E-state index contributed by atoms with van der Waals surface area (Å²) >= 11 is 0. The number of fused-ring (bicyclic) bond motifs is 2. The van der Waals surface area contributed by atoms with Gasteiger partial charge in [-0.25, -0.2) is 9.78 Å². The number of benzene rings is 1. The van der Waals surface area contributed by atoms with E-state index in [4.69, 9.17) is 9.15 Å². The predicted molar refractivity (Wildman–Crippen MR) is 82.0 cm³/mol. The van der Waals surface area contributed by atoms with Crippen LogP contribution in [0.2, 0.25) is 0 Å². The minimum atomic E-state index is -0.370. The molecular formula is C17H12N2O3. The smallest absolute Gasteiger partial charge is 0.336 e. The molecule has 0 radical (unpaired) electrons. The highest BCUT2D eigenvalue weighted by Gasteiger charge is 2.04. The summed E-state index contributed by atoms with van der Waals surface area (Å²) in [6, 6.07) is 14.4. The Kier molecular flexibility index (Phi) is 2.89. The monoisotopic (exact) mass is 292 g/mol. The van der Waals surface area contributed by atoms with Crippen molar-refractivity contribution in [2.45, 2.75) is 6.61 Å². The number of hydrogen-bond donors (Lipinski definition) is 0. The second-order valence-corrected chi connectivity index (χ2v) is 4.94. The minimum absolute atomic E-state index is 0.351. The quantitative estimate of drug-likeness (QED) is 0.545. The summed E-state index contributed by atoms with van der Waals surface area (Å²) in [4.78, 5) is 15.7. The summed E-state index contributed by atoms with van der Waals surface area (Å²) in [7, 11) is 0. The molecule has 0 N–H and O–H groups in total. The highest BCUT2D eigenvalue weighted by molar-refractivity contribution is 5.77. The molecule has 22 heavy (non-hydrogen) atoms. The van der Waals surface area contributed by atoms with Crippen LogP contribution in [0.3, 0.4) is 0 Å². The van der Waals surface area contributed by atoms with Crippen LogP contribution in [-0.4, -0.2) is 9.38 Å². The Morgan fingerprint density at radius 1 is 1.14 bits per heavy atom. The molecule has 4 rings (SSSR count). The molecule has 0 aliphatic heterocycles. The Morgan fingerprint density at radius 2 is 2.05 bits per heavy atom. The van der Waals surface area contributed by atoms with E-state index in [9.17, 15) is 4.79 Å². The second-order valence-electron chi connectivity index (χ2n) is 4.94. The average molecular weight is 292 g/mol. The predicted octanol–water partition coefficient (Wildman–Crippen LogP) is 3.02. The zero-order valence-electron chi connectivity index (χ0n) is 11.6. The van der Waals surface area contributed by atoms with Gasteiger partial charge in [-0.15, -0.1) is 0 Å². The molecule has 0 saturated carbocycles. The van der Waals surface area contributed by atoms with Crippen molar-refractivity contribution in [3.63, 3.8) is 0 Å². The second kappa shape index (κ2) is 5.04. The third-order valence-electron chi connectivity index (χ3n) is 3.40. The molecule has 5 nitrogen and oxygen atoms in total. The fourth-order valence-corrected chi connectivity index (χ4v) is 2.34. The highest BCUT2D eigenvalue weighted by Crippen LogP contribution is 2.20. The number of nitrogens with zero attached hydrogens (tertiary/aromatic N) is 2. The number of aromatic nitrogens is 2. The van der Waals surface area contributed by atoms with E-state index >= 15 is 0 Å². The van der Waals surface area contributed by atoms with Gasteiger partial charge < -0.3 is 13.6 Å². The van der Waals surface area contributed by atoms with Crippen molar-refractivity contribution in [2.24, 2.45) is 0 Å². The van der Waals surface area contributed by atoms with E-state index in [-0.39, 0.29) is 5.63 Å². The Morgan fingerprint density at radius 3 is 2.95 bits per heavy atom. The van der Waals surface area contributed by atoms with Crippen LogP contribution in [0.15, 0.2) is 70.1 Å². The molecule has 0 amide bonds. The van der Waals surface area contributed by atoms with Gasteiger partial charge in [0.15, 0.2) is 0 Å². The summed E-state index contributed by atoms with van der Waals surface area (Å²) < 4.78 is 12.8. The number of hydrogen-bond acceptors (Lipinski definition) is 4. The largest absolute Gasteiger partial charge is 0.487 e. The van der Waals surface area contributed by atoms with Gasteiger partial charge >= 0.3 is 5.63 Å². The molecule has 4 aromatic rings. The van der Waals surface area contributed by atoms with Gasteiger partial charge in [0, 0.05) is 29.9 Å². The van der Waals surface area contributed by atoms with E-state index < -0.39 is 0 Å². The lowest BCUT2D eigenvalue weighted by Crippen LogP contribution is -1.97. The molecule has 0 aliphatic carbocycles. The zero-order valence-corrected chi connectivity index (χ0v) is 11.6. The van der Waals surface area contributed by atoms with Gasteiger partial charge in [-0.3, -0.25) is 0 Å². The first-order valence-corrected chi connectivity index (χ1v) is 6.87. The summed E-state index contributed by atoms with van der Waals surface area (Å²) in [5, 5.41) is 0.861. The first-order chi connectivity index (χ1) is 10.8. The van der Waals surface area contributed by atoms with E-state index in [0.29, 0.717) is 17.9 Å². The molecule has 3 heterocycles. The molecule has 3 aromatic heterocycles. The van der Waals surface area contributed by atoms with Crippen LogP contribution >= 0.6 is 0 Å². The van der Waals surface area contributed by atoms with Gasteiger partial charge in [-0.05, 0) is 30.3 Å². The van der Waals surface area contributed by atoms with Crippen molar-refractivity contribution < 1.29 is 9.15 Å². The van der Waals surface area contributed by atoms with Crippen LogP contribution in [-0.2, 0) is 6.61 Å². The van der Waals surface area contributed by atoms with E-state index in [2.05, 4.69) is 4.98 Å². The molecule has 0 fully saturated rings. The maximum atomic E-state index is 11.3. The van der Waals surface area contributed by atoms with Crippen molar-refractivity contribution in [1.82, 2.24) is 9.38 Å². The number of ether oxygens (including phenoxy) is 1. The maximum Gasteiger partial charge on any atom is 0.336 e. The molecule has 108 valence electrons. The third kappa shape index (κ3) is 2.33. The first-order valence-electron chi connectivity index (χ1n) is 6.87. The Hall–Kier alpha value is -3.08. The lowest BCUT2D eigenvalue weighted by molar-refractivity contribution is 0.302. The van der Waals surface area contributed by atoms with Gasteiger partial charge in [0.1, 0.15) is 23.6 Å². The van der Waals surface area contributed by atoms with Gasteiger partial charge in [0.05, 0.1) is 5.69 Å². The summed E-state index contributed by atoms with van der Waals surface area (Å²) in [5.41, 5.74) is 1.86. The molecule has 0 spiro atoms. The Labute approximate surface area is 125 Å². The summed E-state index contributed by atoms with van der Waals surface area (Å²) in [6.07, 6.45) is 3.87. The summed E-state index contributed by atoms with van der Waals surface area (Å²) in [5.74, 6) is 0.638. The fourth-order valence-electron chi connectivity index (χ4n) is 2.34. The Balaban J connectivity index is 1.59. The van der Waals surface area contributed by atoms with Crippen molar-refractivity contribution in [1.29, 1.82) is 0 Å². The normalized spacial score (nSPS) is 11.1. The maximum absolute atomic E-state index is 11.3. The van der Waals surface area contributed by atoms with Gasteiger partial charge in [-0.2, -0.15) is 0 Å². The number of pyridine rings is 1. The van der Waals surface area contributed by atoms with Crippen molar-refractivity contribution >= 4 is 16.6 Å². The molecule has 0 bridgehead atoms. The summed E-state index contributed by atoms with van der Waals surface area (Å²) in [6.45, 7) is 0.351. The topological polar surface area (TPSA) is 56.7 Å². The SMILES string of the molecule is O=c1ccc2ccc(OCc3cn4ccccc4n3)cc2o1. The van der Waals surface area contributed by atoms with Gasteiger partial charge in [0.25, 0.3) is 0 Å². The van der Waals surface area contributed by atoms with Crippen LogP contribution in [0.1, 0.15) is 5.69 Å². The highest BCUT2D eigenvalue weighted by atomic mass is 16.5. The van der Waals surface area contributed by atoms with Crippen LogP contribution in [0.4, 0.5) is 0 Å². The molecule has 1 aromatic carbocycles. The third-order valence-corrected chi connectivity index (χ3v) is 3.40. The molecule has 0 atom stereocenters. The molecule has 0 aliphatic rings. The fraction of sp³-hybridized carbons (Fsp3) is 0.0588. The molecule has 5 heteroatoms. The van der Waals surface area contributed by atoms with Crippen LogP contribution in [0.5, 0.6) is 5.75 Å². The standard InChI is InChI=1S/C17H12N2O3/c20-17-7-5-12-4-6-14(9-15(12)22-17)21-11-13-10-19-8-2-1-3-16(19)18-13/h1-10H,11H2. The number of rotatable bonds is 3. The van der Waals surface area contributed by atoms with E-state index in [1.807, 2.05) is 47.1 Å². The van der Waals surface area contributed by atoms with Crippen molar-refractivity contribution in [3.8, 4) is 5.75 Å². The first kappa shape index (κ1) is 12.6. The van der Waals surface area contributed by atoms with Crippen LogP contribution in [0.25, 0.3) is 16.6 Å². The lowest BCUT2D eigenvalue weighted by Gasteiger charge is -2.04. The van der Waals surface area contributed by atoms with Gasteiger partial charge in [0.2, 0.25) is 0 Å². The van der Waals surface area contributed by atoms with Gasteiger partial charge in [-0.1, -0.05) is 6.07 Å². The number of imidazole rings is 1. The van der Waals surface area contributed by atoms with E-state index in [1.54, 1.807) is 12.1 Å². The molecular weight excluding hydrogens is 280 g/mol. The molecule has 0 unspecified atom stereocenters. The zero-order chi connectivity index (χ0) is 14.9. The van der Waals surface area contributed by atoms with Crippen LogP contribution in [0, 0.1) is 0 Å². The molecule has 0 saturated heterocycles. The average Bonchev–Trinajstić information content (AvgIpc) is 2.95. The van der Waals surface area contributed by atoms with Crippen molar-refractivity contribution in [3.05, 3.63) is 77.0 Å².